The standard InChI is InChI=1S/C40H59FO9/c1-21-26-11-14-39(8)27-12-16-40(18-17-37(5,6)19-28(40)25(27)9-10-31(39)38(26,7)15-13-29(21)45)36(46)35-34(49-24(4)44)33(48-23(3)43)32(47-22(2)42)30(20-41)50-35/h9,21,26-28,30-36,46H,10-20H2,1-8H3. The summed E-state index contributed by atoms with van der Waals surface area (Å²) < 4.78 is 37.9. The number of halogens is 1. The Morgan fingerprint density at radius 2 is 1.52 bits per heavy atom. The van der Waals surface area contributed by atoms with E-state index in [1.165, 1.54) is 19.4 Å². The smallest absolute Gasteiger partial charge is 0.303 e. The van der Waals surface area contributed by atoms with Crippen LogP contribution in [0.5, 0.6) is 0 Å². The second kappa shape index (κ2) is 13.3. The largest absolute Gasteiger partial charge is 0.456 e. The van der Waals surface area contributed by atoms with Crippen LogP contribution in [0.1, 0.15) is 120 Å². The molecule has 50 heavy (non-hydrogen) atoms. The third kappa shape index (κ3) is 6.06. The molecular weight excluding hydrogens is 643 g/mol. The summed E-state index contributed by atoms with van der Waals surface area (Å²) in [6.45, 7) is 14.1. The molecule has 5 fully saturated rings. The van der Waals surface area contributed by atoms with Crippen LogP contribution in [0.2, 0.25) is 0 Å². The van der Waals surface area contributed by atoms with Crippen LogP contribution in [-0.2, 0) is 38.1 Å². The maximum absolute atomic E-state index is 14.7. The van der Waals surface area contributed by atoms with Crippen molar-refractivity contribution in [2.45, 2.75) is 156 Å². The quantitative estimate of drug-likeness (QED) is 0.188. The van der Waals surface area contributed by atoms with Crippen molar-refractivity contribution in [2.24, 2.45) is 51.2 Å². The van der Waals surface area contributed by atoms with E-state index in [-0.39, 0.29) is 28.1 Å². The molecule has 0 amide bonds. The lowest BCUT2D eigenvalue weighted by Gasteiger charge is -2.67. The number of rotatable bonds is 6. The highest BCUT2D eigenvalue weighted by Crippen LogP contribution is 2.71. The molecule has 10 heteroatoms. The molecule has 1 aliphatic heterocycles. The number of aliphatic hydroxyl groups is 1. The maximum Gasteiger partial charge on any atom is 0.303 e. The molecule has 0 spiro atoms. The number of hydrogen-bond acceptors (Lipinski definition) is 9. The molecule has 6 aliphatic rings. The van der Waals surface area contributed by atoms with E-state index in [1.54, 1.807) is 0 Å². The van der Waals surface area contributed by atoms with Crippen LogP contribution in [0, 0.1) is 51.2 Å². The monoisotopic (exact) mass is 702 g/mol. The van der Waals surface area contributed by atoms with Crippen LogP contribution < -0.4 is 0 Å². The molecule has 5 aliphatic carbocycles. The van der Waals surface area contributed by atoms with Gasteiger partial charge in [0.15, 0.2) is 18.3 Å². The summed E-state index contributed by atoms with van der Waals surface area (Å²) in [4.78, 5) is 49.9. The van der Waals surface area contributed by atoms with Gasteiger partial charge in [-0.05, 0) is 97.7 Å². The summed E-state index contributed by atoms with van der Waals surface area (Å²) in [7, 11) is 0. The average molecular weight is 703 g/mol. The average Bonchev–Trinajstić information content (AvgIpc) is 3.03. The van der Waals surface area contributed by atoms with Crippen molar-refractivity contribution in [3.8, 4) is 0 Å². The normalized spacial score (nSPS) is 45.7. The van der Waals surface area contributed by atoms with Crippen LogP contribution in [0.25, 0.3) is 0 Å². The Bertz CT molecular complexity index is 1410. The first-order valence-corrected chi connectivity index (χ1v) is 19.0. The van der Waals surface area contributed by atoms with Gasteiger partial charge < -0.3 is 24.1 Å². The van der Waals surface area contributed by atoms with E-state index in [0.29, 0.717) is 42.8 Å². The zero-order valence-electron chi connectivity index (χ0n) is 31.3. The summed E-state index contributed by atoms with van der Waals surface area (Å²) in [6, 6.07) is 0. The van der Waals surface area contributed by atoms with Crippen LogP contribution in [0.4, 0.5) is 4.39 Å². The van der Waals surface area contributed by atoms with Gasteiger partial charge in [0.1, 0.15) is 24.7 Å². The number of Topliss-reactive ketones (excluding diaryl/α,β-unsaturated/α-hetero) is 1. The molecule has 1 heterocycles. The van der Waals surface area contributed by atoms with Gasteiger partial charge in [0.25, 0.3) is 0 Å². The molecular formula is C40H59FO9. The van der Waals surface area contributed by atoms with E-state index in [2.05, 4.69) is 40.7 Å². The summed E-state index contributed by atoms with van der Waals surface area (Å²) in [5.41, 5.74) is 0.919. The minimum Gasteiger partial charge on any atom is -0.456 e. The van der Waals surface area contributed by atoms with Crippen molar-refractivity contribution < 1.29 is 47.6 Å². The van der Waals surface area contributed by atoms with E-state index >= 15 is 0 Å². The fraction of sp³-hybridized carbons (Fsp3) is 0.850. The van der Waals surface area contributed by atoms with Crippen molar-refractivity contribution in [3.63, 3.8) is 0 Å². The zero-order chi connectivity index (χ0) is 36.6. The minimum atomic E-state index is -1.37. The van der Waals surface area contributed by atoms with Gasteiger partial charge in [0, 0.05) is 38.5 Å². The van der Waals surface area contributed by atoms with Crippen LogP contribution in [0.3, 0.4) is 0 Å². The summed E-state index contributed by atoms with van der Waals surface area (Å²) in [6.07, 6.45) is 3.36. The van der Waals surface area contributed by atoms with Gasteiger partial charge in [-0.25, -0.2) is 4.39 Å². The fourth-order valence-electron chi connectivity index (χ4n) is 12.5. The Labute approximate surface area is 296 Å². The number of alkyl halides is 1. The number of carbonyl (C=O) groups excluding carboxylic acids is 4. The Morgan fingerprint density at radius 1 is 0.880 bits per heavy atom. The van der Waals surface area contributed by atoms with Crippen molar-refractivity contribution in [1.29, 1.82) is 0 Å². The van der Waals surface area contributed by atoms with E-state index < -0.39 is 66.6 Å². The van der Waals surface area contributed by atoms with Crippen molar-refractivity contribution in [1.82, 2.24) is 0 Å². The van der Waals surface area contributed by atoms with Gasteiger partial charge in [-0.2, -0.15) is 0 Å². The van der Waals surface area contributed by atoms with Gasteiger partial charge in [0.05, 0.1) is 6.10 Å². The van der Waals surface area contributed by atoms with E-state index in [1.807, 2.05) is 0 Å². The number of esters is 3. The molecule has 0 aromatic rings. The minimum absolute atomic E-state index is 0.0129. The summed E-state index contributed by atoms with van der Waals surface area (Å²) in [5.74, 6) is -0.406. The lowest BCUT2D eigenvalue weighted by molar-refractivity contribution is -0.278. The number of ether oxygens (including phenoxy) is 4. The Hall–Kier alpha value is -2.33. The Kier molecular flexibility index (Phi) is 9.93. The van der Waals surface area contributed by atoms with Crippen molar-refractivity contribution >= 4 is 23.7 Å². The second-order valence-corrected chi connectivity index (χ2v) is 18.1. The topological polar surface area (TPSA) is 125 Å². The first kappa shape index (κ1) is 37.4. The third-order valence-electron chi connectivity index (χ3n) is 14.9. The highest BCUT2D eigenvalue weighted by molar-refractivity contribution is 5.82. The highest BCUT2D eigenvalue weighted by atomic mass is 19.1. The van der Waals surface area contributed by atoms with Gasteiger partial charge in [0.2, 0.25) is 0 Å². The van der Waals surface area contributed by atoms with Crippen LogP contribution in [0.15, 0.2) is 11.6 Å². The second-order valence-electron chi connectivity index (χ2n) is 18.1. The lowest BCUT2D eigenvalue weighted by atomic mass is 9.38. The van der Waals surface area contributed by atoms with Crippen molar-refractivity contribution in [3.05, 3.63) is 11.6 Å². The SMILES string of the molecule is CC(=O)OC1C(CF)OC(C(O)C23CCC4C(=CCC5C4(C)CCC4C(C)C(=O)CCC45C)C2CC(C)(C)CC3)C(OC(C)=O)C1OC(C)=O. The molecule has 1 saturated heterocycles. The van der Waals surface area contributed by atoms with Gasteiger partial charge in [-0.3, -0.25) is 19.2 Å². The summed E-state index contributed by atoms with van der Waals surface area (Å²) >= 11 is 0. The number of carbonyl (C=O) groups is 4. The van der Waals surface area contributed by atoms with Crippen molar-refractivity contribution in [2.75, 3.05) is 6.67 Å². The lowest BCUT2D eigenvalue weighted by Crippen LogP contribution is -2.68. The van der Waals surface area contributed by atoms with Gasteiger partial charge in [-0.15, -0.1) is 0 Å². The number of hydrogen-bond donors (Lipinski definition) is 1. The Morgan fingerprint density at radius 3 is 2.16 bits per heavy atom. The molecule has 280 valence electrons. The highest BCUT2D eigenvalue weighted by Gasteiger charge is 2.66. The maximum atomic E-state index is 14.7. The molecule has 4 saturated carbocycles. The zero-order valence-corrected chi connectivity index (χ0v) is 31.3. The van der Waals surface area contributed by atoms with Gasteiger partial charge >= 0.3 is 17.9 Å². The number of allylic oxidation sites excluding steroid dienone is 2. The van der Waals surface area contributed by atoms with E-state index in [0.717, 1.165) is 51.9 Å². The van der Waals surface area contributed by atoms with Gasteiger partial charge in [-0.1, -0.05) is 46.3 Å². The molecule has 14 unspecified atom stereocenters. The number of aliphatic hydroxyl groups excluding tert-OH is 1. The molecule has 0 radical (unpaired) electrons. The van der Waals surface area contributed by atoms with E-state index in [9.17, 15) is 28.7 Å². The number of ketones is 1. The number of fused-ring (bicyclic) bond motifs is 7. The first-order chi connectivity index (χ1) is 23.4. The molecule has 0 bridgehead atoms. The van der Waals surface area contributed by atoms with E-state index in [4.69, 9.17) is 18.9 Å². The Balaban J connectivity index is 1.39. The summed E-state index contributed by atoms with van der Waals surface area (Å²) in [5, 5.41) is 12.8. The molecule has 1 N–H and O–H groups in total. The molecule has 9 nitrogen and oxygen atoms in total. The predicted octanol–water partition coefficient (Wildman–Crippen LogP) is 6.47. The molecule has 14 atom stereocenters. The van der Waals surface area contributed by atoms with Crippen LogP contribution in [-0.4, -0.2) is 72.1 Å². The third-order valence-corrected chi connectivity index (χ3v) is 14.9. The first-order valence-electron chi connectivity index (χ1n) is 19.0. The fourth-order valence-corrected chi connectivity index (χ4v) is 12.5. The van der Waals surface area contributed by atoms with Crippen LogP contribution >= 0.6 is 0 Å². The molecule has 0 aromatic heterocycles. The predicted molar refractivity (Wildman–Crippen MR) is 182 cm³/mol. The molecule has 0 aromatic carbocycles. The molecule has 6 rings (SSSR count).